The number of aliphatic imine (C=N–C) groups is 1. The molecule has 0 heterocycles. The predicted molar refractivity (Wildman–Crippen MR) is 144 cm³/mol. The molecule has 0 aromatic heterocycles. The van der Waals surface area contributed by atoms with E-state index in [-0.39, 0.29) is 50.7 Å². The lowest BCUT2D eigenvalue weighted by Crippen LogP contribution is -2.56. The standard InChI is InChI=1S/C22H41N7O9S/c1-25-7-9-38-11-10-37-8-5-17(30)27-14(4-3-6-26-22(23)24)19(33)28-15(12-18(31)32)20(34)29-16(13-39-2)21(35)36/h14-16,25H,3-13H2,1-2H3,(H,27,30)(H,28,33)(H,29,34)(H,31,32)(H,35,36)(H4,23,24,26)/t14?,15-,16+/m0/s1. The summed E-state index contributed by atoms with van der Waals surface area (Å²) in [6, 6.07) is -4.02. The second-order valence-electron chi connectivity index (χ2n) is 8.16. The number of carboxylic acids is 2. The largest absolute Gasteiger partial charge is 0.481 e. The van der Waals surface area contributed by atoms with Crippen LogP contribution in [0, 0.1) is 0 Å². The van der Waals surface area contributed by atoms with E-state index in [1.165, 1.54) is 0 Å². The van der Waals surface area contributed by atoms with Crippen molar-refractivity contribution in [2.24, 2.45) is 16.5 Å². The van der Waals surface area contributed by atoms with E-state index < -0.39 is 54.2 Å². The van der Waals surface area contributed by atoms with Gasteiger partial charge in [0.1, 0.15) is 18.1 Å². The van der Waals surface area contributed by atoms with Crippen LogP contribution in [0.15, 0.2) is 4.99 Å². The van der Waals surface area contributed by atoms with Crippen molar-refractivity contribution < 1.29 is 43.7 Å². The number of guanidine groups is 1. The summed E-state index contributed by atoms with van der Waals surface area (Å²) in [4.78, 5) is 64.6. The molecule has 3 atom stereocenters. The quantitative estimate of drug-likeness (QED) is 0.0343. The molecule has 0 saturated heterocycles. The van der Waals surface area contributed by atoms with E-state index in [1.54, 1.807) is 13.3 Å². The maximum atomic E-state index is 13.0. The number of hydrogen-bond donors (Lipinski definition) is 8. The van der Waals surface area contributed by atoms with Crippen molar-refractivity contribution in [2.75, 3.05) is 58.6 Å². The highest BCUT2D eigenvalue weighted by Gasteiger charge is 2.30. The van der Waals surface area contributed by atoms with Gasteiger partial charge in [-0.05, 0) is 26.1 Å². The maximum Gasteiger partial charge on any atom is 0.327 e. The number of rotatable bonds is 23. The molecule has 224 valence electrons. The normalized spacial score (nSPS) is 13.0. The Kier molecular flexibility index (Phi) is 20.0. The molecule has 0 radical (unpaired) electrons. The first-order valence-electron chi connectivity index (χ1n) is 12.2. The smallest absolute Gasteiger partial charge is 0.327 e. The van der Waals surface area contributed by atoms with E-state index in [0.717, 1.165) is 11.8 Å². The van der Waals surface area contributed by atoms with E-state index in [2.05, 4.69) is 26.3 Å². The fourth-order valence-corrected chi connectivity index (χ4v) is 3.53. The van der Waals surface area contributed by atoms with Gasteiger partial charge in [-0.3, -0.25) is 24.2 Å². The van der Waals surface area contributed by atoms with Gasteiger partial charge in [0.05, 0.1) is 32.8 Å². The molecule has 0 fully saturated rings. The molecule has 3 amide bonds. The number of carbonyl (C=O) groups excluding carboxylic acids is 3. The van der Waals surface area contributed by atoms with Gasteiger partial charge < -0.3 is 52.4 Å². The second kappa shape index (κ2) is 21.7. The summed E-state index contributed by atoms with van der Waals surface area (Å²) in [6.45, 7) is 2.08. The Morgan fingerprint density at radius 1 is 0.897 bits per heavy atom. The first-order valence-corrected chi connectivity index (χ1v) is 13.6. The third-order valence-corrected chi connectivity index (χ3v) is 5.57. The highest BCUT2D eigenvalue weighted by molar-refractivity contribution is 7.98. The summed E-state index contributed by atoms with van der Waals surface area (Å²) < 4.78 is 10.7. The van der Waals surface area contributed by atoms with Crippen LogP contribution in [-0.4, -0.2) is 123 Å². The number of nitrogens with two attached hydrogens (primary N) is 2. The van der Waals surface area contributed by atoms with Gasteiger partial charge in [0.2, 0.25) is 17.7 Å². The van der Waals surface area contributed by atoms with Crippen molar-refractivity contribution in [1.82, 2.24) is 21.3 Å². The third kappa shape index (κ3) is 18.7. The highest BCUT2D eigenvalue weighted by atomic mass is 32.2. The lowest BCUT2D eigenvalue weighted by atomic mass is 10.1. The minimum absolute atomic E-state index is 0.0302. The summed E-state index contributed by atoms with van der Waals surface area (Å²) >= 11 is 1.16. The molecule has 39 heavy (non-hydrogen) atoms. The fraction of sp³-hybridized carbons (Fsp3) is 0.727. The third-order valence-electron chi connectivity index (χ3n) is 4.90. The summed E-state index contributed by atoms with van der Waals surface area (Å²) in [5, 5.41) is 28.5. The van der Waals surface area contributed by atoms with Crippen LogP contribution in [0.3, 0.4) is 0 Å². The summed E-state index contributed by atoms with van der Waals surface area (Å²) in [7, 11) is 1.80. The molecule has 0 spiro atoms. The lowest BCUT2D eigenvalue weighted by Gasteiger charge is -2.23. The highest BCUT2D eigenvalue weighted by Crippen LogP contribution is 2.04. The molecule has 0 rings (SSSR count). The monoisotopic (exact) mass is 579 g/mol. The Hall–Kier alpha value is -3.15. The van der Waals surface area contributed by atoms with Crippen LogP contribution >= 0.6 is 11.8 Å². The molecule has 16 nitrogen and oxygen atoms in total. The van der Waals surface area contributed by atoms with E-state index in [9.17, 15) is 34.2 Å². The molecular formula is C22H41N7O9S. The average Bonchev–Trinajstić information content (AvgIpc) is 2.86. The number of ether oxygens (including phenoxy) is 2. The number of likely N-dealkylation sites (N-methyl/N-ethyl adjacent to an activating group) is 1. The van der Waals surface area contributed by atoms with Crippen LogP contribution in [0.1, 0.15) is 25.7 Å². The second-order valence-corrected chi connectivity index (χ2v) is 9.07. The van der Waals surface area contributed by atoms with Crippen molar-refractivity contribution in [2.45, 2.75) is 43.8 Å². The van der Waals surface area contributed by atoms with Gasteiger partial charge in [-0.1, -0.05) is 0 Å². The fourth-order valence-electron chi connectivity index (χ4n) is 2.97. The van der Waals surface area contributed by atoms with Gasteiger partial charge in [-0.2, -0.15) is 11.8 Å². The topological polar surface area (TPSA) is 257 Å². The number of hydrogen-bond acceptors (Lipinski definition) is 10. The van der Waals surface area contributed by atoms with Crippen LogP contribution in [0.25, 0.3) is 0 Å². The number of carboxylic acid groups (broad SMARTS) is 2. The number of amides is 3. The van der Waals surface area contributed by atoms with Crippen LogP contribution < -0.4 is 32.7 Å². The Balaban J connectivity index is 5.20. The maximum absolute atomic E-state index is 13.0. The SMILES string of the molecule is CNCCOCCOCCC(=O)NC(CCCN=C(N)N)C(=O)N[C@@H](CC(=O)O)C(=O)N[C@H](CSC)C(=O)O. The molecular weight excluding hydrogens is 538 g/mol. The Bertz CT molecular complexity index is 813. The minimum Gasteiger partial charge on any atom is -0.481 e. The van der Waals surface area contributed by atoms with Crippen LogP contribution in [-0.2, 0) is 33.4 Å². The van der Waals surface area contributed by atoms with Gasteiger partial charge in [-0.15, -0.1) is 0 Å². The first kappa shape index (κ1) is 35.9. The number of thioether (sulfide) groups is 1. The number of aliphatic carboxylic acids is 2. The molecule has 0 aromatic rings. The van der Waals surface area contributed by atoms with Crippen LogP contribution in [0.4, 0.5) is 0 Å². The zero-order chi connectivity index (χ0) is 29.6. The van der Waals surface area contributed by atoms with Crippen molar-refractivity contribution in [3.63, 3.8) is 0 Å². The first-order chi connectivity index (χ1) is 18.5. The van der Waals surface area contributed by atoms with Gasteiger partial charge in [-0.25, -0.2) is 4.79 Å². The van der Waals surface area contributed by atoms with Gasteiger partial charge >= 0.3 is 11.9 Å². The van der Waals surface area contributed by atoms with Gasteiger partial charge in [0.15, 0.2) is 5.96 Å². The zero-order valence-corrected chi connectivity index (χ0v) is 23.1. The zero-order valence-electron chi connectivity index (χ0n) is 22.3. The van der Waals surface area contributed by atoms with Crippen molar-refractivity contribution in [3.05, 3.63) is 0 Å². The number of nitrogens with zero attached hydrogens (tertiary/aromatic N) is 1. The van der Waals surface area contributed by atoms with Gasteiger partial charge in [0, 0.05) is 25.3 Å². The summed E-state index contributed by atoms with van der Waals surface area (Å²) in [5.41, 5.74) is 10.6. The average molecular weight is 580 g/mol. The molecule has 0 aliphatic rings. The molecule has 17 heteroatoms. The van der Waals surface area contributed by atoms with Crippen molar-refractivity contribution in [3.8, 4) is 0 Å². The molecule has 0 bridgehead atoms. The van der Waals surface area contributed by atoms with E-state index >= 15 is 0 Å². The number of carbonyl (C=O) groups is 5. The minimum atomic E-state index is -1.58. The Labute approximate surface area is 231 Å². The number of nitrogens with one attached hydrogen (secondary N) is 4. The molecule has 0 aliphatic carbocycles. The molecule has 0 aromatic carbocycles. The predicted octanol–water partition coefficient (Wildman–Crippen LogP) is -2.94. The molecule has 10 N–H and O–H groups in total. The van der Waals surface area contributed by atoms with E-state index in [1.807, 2.05) is 0 Å². The molecule has 0 saturated carbocycles. The lowest BCUT2D eigenvalue weighted by molar-refractivity contribution is -0.143. The molecule has 0 aliphatic heterocycles. The van der Waals surface area contributed by atoms with Crippen LogP contribution in [0.5, 0.6) is 0 Å². The van der Waals surface area contributed by atoms with E-state index in [4.69, 9.17) is 20.9 Å². The summed E-state index contributed by atoms with van der Waals surface area (Å²) in [6.07, 6.45) is 1.12. The van der Waals surface area contributed by atoms with Crippen molar-refractivity contribution in [1.29, 1.82) is 0 Å². The molecule has 1 unspecified atom stereocenters. The Morgan fingerprint density at radius 3 is 2.08 bits per heavy atom. The summed E-state index contributed by atoms with van der Waals surface area (Å²) in [5.74, 6) is -5.15. The van der Waals surface area contributed by atoms with E-state index in [0.29, 0.717) is 19.8 Å². The van der Waals surface area contributed by atoms with Crippen molar-refractivity contribution >= 4 is 47.4 Å². The Morgan fingerprint density at radius 2 is 1.51 bits per heavy atom. The van der Waals surface area contributed by atoms with Gasteiger partial charge in [0.25, 0.3) is 0 Å². The van der Waals surface area contributed by atoms with Crippen LogP contribution in [0.2, 0.25) is 0 Å².